The van der Waals surface area contributed by atoms with E-state index >= 15 is 0 Å². The van der Waals surface area contributed by atoms with E-state index in [-0.39, 0.29) is 11.9 Å². The molecule has 0 fully saturated rings. The summed E-state index contributed by atoms with van der Waals surface area (Å²) in [6.45, 7) is 0. The maximum Gasteiger partial charge on any atom is 0.331 e. The van der Waals surface area contributed by atoms with Crippen molar-refractivity contribution in [1.82, 2.24) is 0 Å². The van der Waals surface area contributed by atoms with E-state index in [4.69, 9.17) is 0 Å². The Labute approximate surface area is 131 Å². The van der Waals surface area contributed by atoms with E-state index in [1.54, 1.807) is 0 Å². The summed E-state index contributed by atoms with van der Waals surface area (Å²) < 4.78 is 67.6. The highest BCUT2D eigenvalue weighted by Gasteiger charge is 2.46. The summed E-state index contributed by atoms with van der Waals surface area (Å²) in [5.74, 6) is -4.28. The molecule has 0 spiro atoms. The number of hydrogen-bond acceptors (Lipinski definition) is 2. The molecule has 0 N–H and O–H groups in total. The van der Waals surface area contributed by atoms with Gasteiger partial charge in [-0.2, -0.15) is 8.78 Å². The van der Waals surface area contributed by atoms with Gasteiger partial charge in [0.15, 0.2) is 0 Å². The minimum atomic E-state index is -4.28. The van der Waals surface area contributed by atoms with Gasteiger partial charge in [-0.25, -0.2) is 13.3 Å². The number of benzene rings is 2. The Bertz CT molecular complexity index is 687. The second-order valence-corrected chi connectivity index (χ2v) is 4.95. The molecule has 2 aromatic rings. The predicted molar refractivity (Wildman–Crippen MR) is 79.5 cm³/mol. The molecule has 2 aromatic carbocycles. The van der Waals surface area contributed by atoms with Gasteiger partial charge >= 0.3 is 14.6 Å². The highest BCUT2D eigenvalue weighted by Crippen LogP contribution is 2.39. The van der Waals surface area contributed by atoms with Gasteiger partial charge in [0.1, 0.15) is 0 Å². The molecule has 0 amide bonds. The summed E-state index contributed by atoms with van der Waals surface area (Å²) >= 11 is 0. The first kappa shape index (κ1) is 17.3. The minimum Gasteiger partial charge on any atom is -0.251 e. The van der Waals surface area contributed by atoms with Gasteiger partial charge in [0.25, 0.3) is 6.36 Å². The summed E-state index contributed by atoms with van der Waals surface area (Å²) in [7, 11) is -1.25. The second-order valence-electron chi connectivity index (χ2n) is 4.59. The van der Waals surface area contributed by atoms with Crippen LogP contribution in [0.5, 0.6) is 0 Å². The maximum atomic E-state index is 13.8. The first-order valence-corrected chi connectivity index (χ1v) is 7.20. The molecular weight excluding hydrogens is 331 g/mol. The number of rotatable bonds is 6. The third-order valence-electron chi connectivity index (χ3n) is 3.19. The molecule has 120 valence electrons. The van der Waals surface area contributed by atoms with Gasteiger partial charge in [0.05, 0.1) is 11.9 Å². The lowest BCUT2D eigenvalue weighted by Crippen LogP contribution is -2.31. The van der Waals surface area contributed by atoms with Crippen LogP contribution < -0.4 is 0 Å². The standard InChI is InChI=1S/C16H11F4O2P/c17-10-14(16(19,20)15(18)22-23-21)13-8-6-12(7-9-13)11-4-2-1-3-5-11/h1-10,15H. The number of hydrogen-bond donors (Lipinski definition) is 0. The molecule has 1 atom stereocenters. The zero-order valence-electron chi connectivity index (χ0n) is 11.6. The molecule has 1 unspecified atom stereocenters. The summed E-state index contributed by atoms with van der Waals surface area (Å²) in [6, 6.07) is 14.7. The molecule has 0 bridgehead atoms. The fourth-order valence-electron chi connectivity index (χ4n) is 2.03. The van der Waals surface area contributed by atoms with Crippen LogP contribution in [0.25, 0.3) is 16.7 Å². The van der Waals surface area contributed by atoms with Gasteiger partial charge < -0.3 is 0 Å². The monoisotopic (exact) mass is 342 g/mol. The average molecular weight is 342 g/mol. The van der Waals surface area contributed by atoms with Crippen LogP contribution in [0.15, 0.2) is 60.9 Å². The van der Waals surface area contributed by atoms with E-state index in [0.29, 0.717) is 0 Å². The summed E-state index contributed by atoms with van der Waals surface area (Å²) in [4.78, 5) is 0. The van der Waals surface area contributed by atoms with Crippen molar-refractivity contribution in [2.75, 3.05) is 0 Å². The molecule has 23 heavy (non-hydrogen) atoms. The predicted octanol–water partition coefficient (Wildman–Crippen LogP) is 5.82. The van der Waals surface area contributed by atoms with Gasteiger partial charge in [-0.1, -0.05) is 54.6 Å². The Morgan fingerprint density at radius 1 is 1.04 bits per heavy atom. The van der Waals surface area contributed by atoms with Gasteiger partial charge in [-0.05, 0) is 16.7 Å². The van der Waals surface area contributed by atoms with Crippen molar-refractivity contribution >= 4 is 14.3 Å². The van der Waals surface area contributed by atoms with Crippen LogP contribution in [0.4, 0.5) is 17.6 Å². The quantitative estimate of drug-likeness (QED) is 0.488. The maximum absolute atomic E-state index is 13.8. The molecule has 7 heteroatoms. The van der Waals surface area contributed by atoms with Crippen molar-refractivity contribution < 1.29 is 26.7 Å². The lowest BCUT2D eigenvalue weighted by molar-refractivity contribution is -0.109. The minimum absolute atomic E-state index is 0.203. The fourth-order valence-corrected chi connectivity index (χ4v) is 2.24. The molecule has 2 rings (SSSR count). The normalized spacial score (nSPS) is 14.0. The molecule has 2 nitrogen and oxygen atoms in total. The van der Waals surface area contributed by atoms with Crippen LogP contribution in [-0.4, -0.2) is 12.3 Å². The molecule has 0 aromatic heterocycles. The zero-order valence-corrected chi connectivity index (χ0v) is 12.5. The van der Waals surface area contributed by atoms with E-state index in [0.717, 1.165) is 11.1 Å². The Morgan fingerprint density at radius 2 is 1.61 bits per heavy atom. The average Bonchev–Trinajstić information content (AvgIpc) is 2.57. The molecule has 0 heterocycles. The van der Waals surface area contributed by atoms with Crippen LogP contribution in [0.1, 0.15) is 5.56 Å². The largest absolute Gasteiger partial charge is 0.331 e. The summed E-state index contributed by atoms with van der Waals surface area (Å²) in [5, 5.41) is 0. The highest BCUT2D eigenvalue weighted by atomic mass is 31.1. The van der Waals surface area contributed by atoms with E-state index in [2.05, 4.69) is 4.52 Å². The van der Waals surface area contributed by atoms with Crippen molar-refractivity contribution in [2.45, 2.75) is 12.3 Å². The van der Waals surface area contributed by atoms with Gasteiger partial charge in [-0.3, -0.25) is 4.52 Å². The third-order valence-corrected chi connectivity index (χ3v) is 3.46. The van der Waals surface area contributed by atoms with Crippen LogP contribution >= 0.6 is 8.69 Å². The summed E-state index contributed by atoms with van der Waals surface area (Å²) in [6.07, 6.45) is -3.60. The molecule has 0 aliphatic rings. The van der Waals surface area contributed by atoms with Crippen LogP contribution in [0.3, 0.4) is 0 Å². The SMILES string of the molecule is O=POC(F)C(F)(F)C(=CF)c1ccc(-c2ccccc2)cc1. The van der Waals surface area contributed by atoms with Crippen molar-refractivity contribution in [3.05, 3.63) is 66.5 Å². The van der Waals surface area contributed by atoms with Crippen LogP contribution in [0, 0.1) is 0 Å². The molecule has 0 aliphatic heterocycles. The van der Waals surface area contributed by atoms with Gasteiger partial charge in [0.2, 0.25) is 0 Å². The lowest BCUT2D eigenvalue weighted by atomic mass is 9.97. The van der Waals surface area contributed by atoms with E-state index in [9.17, 15) is 22.1 Å². The highest BCUT2D eigenvalue weighted by molar-refractivity contribution is 7.17. The smallest absolute Gasteiger partial charge is 0.251 e. The first-order chi connectivity index (χ1) is 11.0. The Kier molecular flexibility index (Phi) is 5.64. The second kappa shape index (κ2) is 7.49. The molecule has 0 saturated heterocycles. The Hall–Kier alpha value is -2.04. The van der Waals surface area contributed by atoms with Gasteiger partial charge in [0, 0.05) is 0 Å². The molecular formula is C16H11F4O2P. The zero-order chi connectivity index (χ0) is 16.9. The van der Waals surface area contributed by atoms with Crippen molar-refractivity contribution in [2.24, 2.45) is 0 Å². The topological polar surface area (TPSA) is 26.3 Å². The third kappa shape index (κ3) is 3.84. The van der Waals surface area contributed by atoms with E-state index in [1.165, 1.54) is 24.3 Å². The Balaban J connectivity index is 2.31. The van der Waals surface area contributed by atoms with Crippen LogP contribution in [0.2, 0.25) is 0 Å². The van der Waals surface area contributed by atoms with E-state index in [1.807, 2.05) is 30.3 Å². The van der Waals surface area contributed by atoms with Crippen molar-refractivity contribution in [3.8, 4) is 11.1 Å². The fraction of sp³-hybridized carbons (Fsp3) is 0.125. The lowest BCUT2D eigenvalue weighted by Gasteiger charge is -2.21. The Morgan fingerprint density at radius 3 is 2.13 bits per heavy atom. The van der Waals surface area contributed by atoms with Crippen LogP contribution in [-0.2, 0) is 9.09 Å². The molecule has 0 radical (unpaired) electrons. The summed E-state index contributed by atoms with van der Waals surface area (Å²) in [5.41, 5.74) is 0.203. The number of alkyl halides is 3. The van der Waals surface area contributed by atoms with Crippen molar-refractivity contribution in [1.29, 1.82) is 0 Å². The van der Waals surface area contributed by atoms with E-state index < -0.39 is 26.5 Å². The van der Waals surface area contributed by atoms with Crippen molar-refractivity contribution in [3.63, 3.8) is 0 Å². The molecule has 0 saturated carbocycles. The first-order valence-electron chi connectivity index (χ1n) is 6.47. The molecule has 0 aliphatic carbocycles. The van der Waals surface area contributed by atoms with Gasteiger partial charge in [-0.15, -0.1) is 0 Å². The number of halogens is 4.